The number of furan rings is 1. The average Bonchev–Trinajstić information content (AvgIpc) is 3.32. The third-order valence-corrected chi connectivity index (χ3v) is 4.72. The van der Waals surface area contributed by atoms with Crippen LogP contribution < -0.4 is 15.5 Å². The minimum Gasteiger partial charge on any atom is -0.469 e. The Morgan fingerprint density at radius 1 is 1.39 bits per heavy atom. The monoisotopic (exact) mass is 517 g/mol. The van der Waals surface area contributed by atoms with Gasteiger partial charge in [0, 0.05) is 44.8 Å². The van der Waals surface area contributed by atoms with E-state index in [-0.39, 0.29) is 24.0 Å². The van der Waals surface area contributed by atoms with Crippen LogP contribution in [0.3, 0.4) is 0 Å². The largest absolute Gasteiger partial charge is 0.469 e. The summed E-state index contributed by atoms with van der Waals surface area (Å²) in [5.41, 5.74) is 0. The molecule has 154 valence electrons. The standard InChI is InChI=1S/C20H28ClN5O.HI/c1-15(2)13-24-20(23-10-7-17-5-4-12-27-17)25-16-8-11-26(14-16)19-18(21)6-3-9-22-19;/h3-6,9,12,15-16H,7-8,10-11,13-14H2,1-2H3,(H2,23,24,25);1H. The molecule has 8 heteroatoms. The third kappa shape index (κ3) is 6.84. The number of hydrogen-bond donors (Lipinski definition) is 2. The lowest BCUT2D eigenvalue weighted by Gasteiger charge is -2.20. The highest BCUT2D eigenvalue weighted by Gasteiger charge is 2.25. The van der Waals surface area contributed by atoms with E-state index in [9.17, 15) is 0 Å². The minimum absolute atomic E-state index is 0. The van der Waals surface area contributed by atoms with E-state index in [1.54, 1.807) is 12.5 Å². The number of pyridine rings is 1. The molecular weight excluding hydrogens is 489 g/mol. The number of rotatable bonds is 7. The lowest BCUT2D eigenvalue weighted by molar-refractivity contribution is 0.506. The zero-order valence-corrected chi connectivity index (χ0v) is 19.5. The van der Waals surface area contributed by atoms with Crippen LogP contribution in [0.25, 0.3) is 0 Å². The van der Waals surface area contributed by atoms with E-state index in [4.69, 9.17) is 21.0 Å². The molecule has 6 nitrogen and oxygen atoms in total. The highest BCUT2D eigenvalue weighted by molar-refractivity contribution is 14.0. The number of anilines is 1. The van der Waals surface area contributed by atoms with Crippen molar-refractivity contribution in [3.63, 3.8) is 0 Å². The van der Waals surface area contributed by atoms with Gasteiger partial charge < -0.3 is 20.0 Å². The molecule has 0 radical (unpaired) electrons. The molecule has 2 aromatic heterocycles. The molecule has 0 saturated carbocycles. The highest BCUT2D eigenvalue weighted by atomic mass is 127. The first-order chi connectivity index (χ1) is 13.1. The van der Waals surface area contributed by atoms with Gasteiger partial charge in [-0.25, -0.2) is 4.98 Å². The number of halogens is 2. The van der Waals surface area contributed by atoms with Crippen LogP contribution in [0.4, 0.5) is 5.82 Å². The number of guanidine groups is 1. The first-order valence-corrected chi connectivity index (χ1v) is 9.92. The van der Waals surface area contributed by atoms with Gasteiger partial charge in [-0.3, -0.25) is 4.99 Å². The van der Waals surface area contributed by atoms with E-state index in [0.29, 0.717) is 17.0 Å². The summed E-state index contributed by atoms with van der Waals surface area (Å²) in [4.78, 5) is 11.4. The van der Waals surface area contributed by atoms with Gasteiger partial charge in [0.05, 0.1) is 11.3 Å². The molecule has 0 bridgehead atoms. The summed E-state index contributed by atoms with van der Waals surface area (Å²) in [5, 5.41) is 7.69. The molecule has 3 rings (SSSR count). The molecule has 1 aliphatic rings. The Morgan fingerprint density at radius 3 is 2.96 bits per heavy atom. The second-order valence-electron chi connectivity index (χ2n) is 7.22. The maximum Gasteiger partial charge on any atom is 0.191 e. The fourth-order valence-corrected chi connectivity index (χ4v) is 3.30. The smallest absolute Gasteiger partial charge is 0.191 e. The van der Waals surface area contributed by atoms with Gasteiger partial charge in [-0.05, 0) is 36.6 Å². The van der Waals surface area contributed by atoms with E-state index < -0.39 is 0 Å². The van der Waals surface area contributed by atoms with Gasteiger partial charge in [0.25, 0.3) is 0 Å². The van der Waals surface area contributed by atoms with Crippen molar-refractivity contribution in [3.05, 3.63) is 47.5 Å². The van der Waals surface area contributed by atoms with Crippen molar-refractivity contribution in [2.75, 3.05) is 31.1 Å². The summed E-state index contributed by atoms with van der Waals surface area (Å²) < 4.78 is 5.39. The Hall–Kier alpha value is -1.48. The molecule has 1 fully saturated rings. The summed E-state index contributed by atoms with van der Waals surface area (Å²) in [7, 11) is 0. The fourth-order valence-electron chi connectivity index (χ4n) is 3.06. The lowest BCUT2D eigenvalue weighted by atomic mass is 10.2. The van der Waals surface area contributed by atoms with Gasteiger partial charge in [0.1, 0.15) is 11.6 Å². The Bertz CT molecular complexity index is 738. The second kappa shape index (κ2) is 11.5. The Labute approximate surface area is 189 Å². The molecule has 0 aliphatic carbocycles. The van der Waals surface area contributed by atoms with Gasteiger partial charge in [-0.15, -0.1) is 24.0 Å². The van der Waals surface area contributed by atoms with Gasteiger partial charge in [0.2, 0.25) is 0 Å². The van der Waals surface area contributed by atoms with Gasteiger partial charge in [-0.1, -0.05) is 25.4 Å². The van der Waals surface area contributed by atoms with Crippen LogP contribution in [0.15, 0.2) is 46.1 Å². The van der Waals surface area contributed by atoms with Crippen molar-refractivity contribution >= 4 is 47.4 Å². The quantitative estimate of drug-likeness (QED) is 0.331. The van der Waals surface area contributed by atoms with Crippen LogP contribution >= 0.6 is 35.6 Å². The van der Waals surface area contributed by atoms with Crippen LogP contribution in [0, 0.1) is 5.92 Å². The van der Waals surface area contributed by atoms with E-state index in [1.165, 1.54) is 0 Å². The molecule has 2 N–H and O–H groups in total. The van der Waals surface area contributed by atoms with E-state index >= 15 is 0 Å². The van der Waals surface area contributed by atoms with Crippen molar-refractivity contribution < 1.29 is 4.42 Å². The van der Waals surface area contributed by atoms with Crippen molar-refractivity contribution in [2.24, 2.45) is 10.9 Å². The number of nitrogens with one attached hydrogen (secondary N) is 2. The van der Waals surface area contributed by atoms with E-state index in [2.05, 4.69) is 34.4 Å². The Kier molecular flexibility index (Phi) is 9.37. The first kappa shape index (κ1) is 22.8. The van der Waals surface area contributed by atoms with Crippen LogP contribution in [-0.2, 0) is 6.42 Å². The van der Waals surface area contributed by atoms with E-state index in [0.717, 1.165) is 56.6 Å². The van der Waals surface area contributed by atoms with Crippen LogP contribution in [0.2, 0.25) is 5.02 Å². The fraction of sp³-hybridized carbons (Fsp3) is 0.500. The van der Waals surface area contributed by atoms with E-state index in [1.807, 2.05) is 24.3 Å². The normalized spacial score (nSPS) is 16.9. The minimum atomic E-state index is 0. The molecule has 0 aromatic carbocycles. The van der Waals surface area contributed by atoms with Crippen LogP contribution in [0.5, 0.6) is 0 Å². The maximum absolute atomic E-state index is 6.29. The summed E-state index contributed by atoms with van der Waals surface area (Å²) in [6, 6.07) is 7.96. The molecule has 2 aromatic rings. The number of hydrogen-bond acceptors (Lipinski definition) is 4. The zero-order chi connectivity index (χ0) is 19.1. The summed E-state index contributed by atoms with van der Waals surface area (Å²) in [6.45, 7) is 7.70. The van der Waals surface area contributed by atoms with Crippen LogP contribution in [0.1, 0.15) is 26.0 Å². The SMILES string of the molecule is CC(C)CN=C(NCCc1ccco1)NC1CCN(c2ncccc2Cl)C1.I. The predicted octanol–water partition coefficient (Wildman–Crippen LogP) is 3.96. The highest BCUT2D eigenvalue weighted by Crippen LogP contribution is 2.25. The van der Waals surface area contributed by atoms with Crippen molar-refractivity contribution in [2.45, 2.75) is 32.7 Å². The van der Waals surface area contributed by atoms with Crippen molar-refractivity contribution in [3.8, 4) is 0 Å². The Balaban J connectivity index is 0.00000280. The molecule has 1 aliphatic heterocycles. The number of aromatic nitrogens is 1. The Morgan fingerprint density at radius 2 is 2.25 bits per heavy atom. The molecule has 1 unspecified atom stereocenters. The third-order valence-electron chi connectivity index (χ3n) is 4.43. The predicted molar refractivity (Wildman–Crippen MR) is 126 cm³/mol. The molecule has 0 spiro atoms. The number of aliphatic imine (C=N–C) groups is 1. The molecular formula is C20H29ClIN5O. The van der Waals surface area contributed by atoms with Gasteiger partial charge >= 0.3 is 0 Å². The molecule has 0 amide bonds. The topological polar surface area (TPSA) is 65.7 Å². The summed E-state index contributed by atoms with van der Waals surface area (Å²) >= 11 is 6.29. The molecule has 1 saturated heterocycles. The zero-order valence-electron chi connectivity index (χ0n) is 16.4. The maximum atomic E-state index is 6.29. The van der Waals surface area contributed by atoms with Gasteiger partial charge in [0.15, 0.2) is 5.96 Å². The number of nitrogens with zero attached hydrogens (tertiary/aromatic N) is 3. The van der Waals surface area contributed by atoms with Crippen molar-refractivity contribution in [1.82, 2.24) is 15.6 Å². The molecule has 3 heterocycles. The summed E-state index contributed by atoms with van der Waals surface area (Å²) in [5.74, 6) is 3.20. The average molecular weight is 518 g/mol. The van der Waals surface area contributed by atoms with Crippen molar-refractivity contribution in [1.29, 1.82) is 0 Å². The van der Waals surface area contributed by atoms with Gasteiger partial charge in [-0.2, -0.15) is 0 Å². The molecule has 28 heavy (non-hydrogen) atoms. The first-order valence-electron chi connectivity index (χ1n) is 9.54. The van der Waals surface area contributed by atoms with Crippen LogP contribution in [-0.4, -0.2) is 43.2 Å². The summed E-state index contributed by atoms with van der Waals surface area (Å²) in [6.07, 6.45) is 5.34. The lowest BCUT2D eigenvalue weighted by Crippen LogP contribution is -2.45. The molecule has 1 atom stereocenters. The second-order valence-corrected chi connectivity index (χ2v) is 7.63.